The van der Waals surface area contributed by atoms with Gasteiger partial charge in [-0.2, -0.15) is 0 Å². The molecule has 0 aliphatic carbocycles. The van der Waals surface area contributed by atoms with Crippen molar-refractivity contribution in [3.8, 4) is 0 Å². The highest BCUT2D eigenvalue weighted by Crippen LogP contribution is 2.34. The molecule has 0 amide bonds. The van der Waals surface area contributed by atoms with E-state index in [0.717, 1.165) is 45.6 Å². The quantitative estimate of drug-likeness (QED) is 0.618. The SMILES string of the molecule is CC1CN(CC2CCN(c3cc4nc[nH]c(=O)c4cc3[N+](=O)[O-])CC2)CC(C)O1. The number of anilines is 1. The smallest absolute Gasteiger partial charge is 0.293 e. The molecule has 1 N–H and O–H groups in total. The molecule has 1 aromatic carbocycles. The molecule has 0 bridgehead atoms. The average Bonchev–Trinajstić information content (AvgIpc) is 2.67. The van der Waals surface area contributed by atoms with Gasteiger partial charge in [0.05, 0.1) is 34.4 Å². The summed E-state index contributed by atoms with van der Waals surface area (Å²) in [6, 6.07) is 3.02. The highest BCUT2D eigenvalue weighted by Gasteiger charge is 2.29. The highest BCUT2D eigenvalue weighted by molar-refractivity contribution is 5.87. The molecule has 2 saturated heterocycles. The van der Waals surface area contributed by atoms with Crippen LogP contribution in [0.4, 0.5) is 11.4 Å². The Bertz CT molecular complexity index is 944. The van der Waals surface area contributed by atoms with Crippen LogP contribution in [0.2, 0.25) is 0 Å². The van der Waals surface area contributed by atoms with Gasteiger partial charge in [0.25, 0.3) is 11.2 Å². The van der Waals surface area contributed by atoms with Crippen LogP contribution in [0, 0.1) is 16.0 Å². The third kappa shape index (κ3) is 4.25. The zero-order valence-electron chi connectivity index (χ0n) is 16.8. The minimum Gasteiger partial charge on any atom is -0.373 e. The van der Waals surface area contributed by atoms with Crippen LogP contribution in [-0.4, -0.2) is 64.7 Å². The number of nitrogens with one attached hydrogen (secondary N) is 1. The van der Waals surface area contributed by atoms with Gasteiger partial charge in [-0.3, -0.25) is 19.8 Å². The van der Waals surface area contributed by atoms with Crippen molar-refractivity contribution in [2.75, 3.05) is 37.6 Å². The predicted molar refractivity (Wildman–Crippen MR) is 110 cm³/mol. The fourth-order valence-electron chi connectivity index (χ4n) is 4.65. The van der Waals surface area contributed by atoms with Crippen LogP contribution < -0.4 is 10.5 Å². The van der Waals surface area contributed by atoms with Gasteiger partial charge in [-0.25, -0.2) is 4.98 Å². The van der Waals surface area contributed by atoms with Crippen LogP contribution in [-0.2, 0) is 4.74 Å². The molecule has 2 unspecified atom stereocenters. The fourth-order valence-corrected chi connectivity index (χ4v) is 4.65. The van der Waals surface area contributed by atoms with Gasteiger partial charge in [0.15, 0.2) is 0 Å². The first kappa shape index (κ1) is 19.8. The van der Waals surface area contributed by atoms with Crippen molar-refractivity contribution in [1.29, 1.82) is 0 Å². The summed E-state index contributed by atoms with van der Waals surface area (Å²) >= 11 is 0. The van der Waals surface area contributed by atoms with E-state index >= 15 is 0 Å². The van der Waals surface area contributed by atoms with E-state index in [2.05, 4.69) is 33.6 Å². The van der Waals surface area contributed by atoms with Crippen molar-refractivity contribution >= 4 is 22.3 Å². The standard InChI is InChI=1S/C20H27N5O4/c1-13-9-23(10-14(2)29-13)11-15-3-5-24(6-4-15)18-8-17-16(7-19(18)25(27)28)20(26)22-12-21-17/h7-8,12-15H,3-6,9-11H2,1-2H3,(H,21,22,26). The van der Waals surface area contributed by atoms with Crippen LogP contribution in [0.3, 0.4) is 0 Å². The lowest BCUT2D eigenvalue weighted by Gasteiger charge is -2.39. The Morgan fingerprint density at radius 2 is 1.93 bits per heavy atom. The average molecular weight is 401 g/mol. The van der Waals surface area contributed by atoms with E-state index in [1.165, 1.54) is 12.4 Å². The number of nitrogens with zero attached hydrogens (tertiary/aromatic N) is 4. The number of H-pyrrole nitrogens is 1. The third-order valence-electron chi connectivity index (χ3n) is 5.90. The number of ether oxygens (including phenoxy) is 1. The summed E-state index contributed by atoms with van der Waals surface area (Å²) < 4.78 is 5.82. The van der Waals surface area contributed by atoms with Gasteiger partial charge in [0, 0.05) is 38.8 Å². The summed E-state index contributed by atoms with van der Waals surface area (Å²) in [5.74, 6) is 0.573. The Hall–Kier alpha value is -2.52. The molecule has 9 heteroatoms. The zero-order chi connectivity index (χ0) is 20.5. The van der Waals surface area contributed by atoms with Gasteiger partial charge < -0.3 is 14.6 Å². The number of piperidine rings is 1. The summed E-state index contributed by atoms with van der Waals surface area (Å²) in [5.41, 5.74) is 0.628. The summed E-state index contributed by atoms with van der Waals surface area (Å²) in [7, 11) is 0. The molecule has 156 valence electrons. The number of nitro groups is 1. The van der Waals surface area contributed by atoms with Crippen molar-refractivity contribution in [2.45, 2.75) is 38.9 Å². The van der Waals surface area contributed by atoms with Crippen molar-refractivity contribution in [1.82, 2.24) is 14.9 Å². The first-order valence-corrected chi connectivity index (χ1v) is 10.2. The maximum absolute atomic E-state index is 12.0. The monoisotopic (exact) mass is 401 g/mol. The summed E-state index contributed by atoms with van der Waals surface area (Å²) in [5, 5.41) is 11.9. The Morgan fingerprint density at radius 3 is 2.59 bits per heavy atom. The molecule has 0 spiro atoms. The zero-order valence-corrected chi connectivity index (χ0v) is 16.8. The molecule has 2 fully saturated rings. The van der Waals surface area contributed by atoms with Gasteiger partial charge >= 0.3 is 0 Å². The molecule has 0 saturated carbocycles. The maximum Gasteiger partial charge on any atom is 0.293 e. The van der Waals surface area contributed by atoms with Crippen LogP contribution in [0.5, 0.6) is 0 Å². The molecule has 2 atom stereocenters. The Morgan fingerprint density at radius 1 is 1.24 bits per heavy atom. The van der Waals surface area contributed by atoms with E-state index in [9.17, 15) is 14.9 Å². The lowest BCUT2D eigenvalue weighted by Crippen LogP contribution is -2.48. The maximum atomic E-state index is 12.0. The van der Waals surface area contributed by atoms with Gasteiger partial charge in [-0.15, -0.1) is 0 Å². The second kappa shape index (κ2) is 8.08. The summed E-state index contributed by atoms with van der Waals surface area (Å²) in [4.78, 5) is 34.4. The minimum absolute atomic E-state index is 0.0368. The molecule has 2 aromatic rings. The highest BCUT2D eigenvalue weighted by atomic mass is 16.6. The second-order valence-corrected chi connectivity index (χ2v) is 8.25. The number of benzene rings is 1. The van der Waals surface area contributed by atoms with Gasteiger partial charge in [-0.05, 0) is 38.7 Å². The summed E-state index contributed by atoms with van der Waals surface area (Å²) in [6.07, 6.45) is 3.82. The van der Waals surface area contributed by atoms with E-state index < -0.39 is 4.92 Å². The van der Waals surface area contributed by atoms with E-state index in [-0.39, 0.29) is 28.8 Å². The van der Waals surface area contributed by atoms with E-state index in [1.807, 2.05) is 0 Å². The largest absolute Gasteiger partial charge is 0.373 e. The first-order valence-electron chi connectivity index (χ1n) is 10.2. The number of fused-ring (bicyclic) bond motifs is 1. The number of nitro benzene ring substituents is 1. The fraction of sp³-hybridized carbons (Fsp3) is 0.600. The number of hydrogen-bond donors (Lipinski definition) is 1. The van der Waals surface area contributed by atoms with E-state index in [1.54, 1.807) is 6.07 Å². The molecular weight excluding hydrogens is 374 g/mol. The number of hydrogen-bond acceptors (Lipinski definition) is 7. The van der Waals surface area contributed by atoms with Gasteiger partial charge in [0.2, 0.25) is 0 Å². The second-order valence-electron chi connectivity index (χ2n) is 8.25. The van der Waals surface area contributed by atoms with Gasteiger partial charge in [-0.1, -0.05) is 0 Å². The van der Waals surface area contributed by atoms with Crippen LogP contribution in [0.25, 0.3) is 10.9 Å². The molecule has 4 rings (SSSR count). The number of aromatic nitrogens is 2. The van der Waals surface area contributed by atoms with Crippen LogP contribution >= 0.6 is 0 Å². The van der Waals surface area contributed by atoms with E-state index in [0.29, 0.717) is 17.1 Å². The van der Waals surface area contributed by atoms with E-state index in [4.69, 9.17) is 4.74 Å². The topological polar surface area (TPSA) is 105 Å². The molecule has 3 heterocycles. The predicted octanol–water partition coefficient (Wildman–Crippen LogP) is 2.16. The molecule has 2 aliphatic heterocycles. The van der Waals surface area contributed by atoms with Crippen molar-refractivity contribution in [3.63, 3.8) is 0 Å². The van der Waals surface area contributed by atoms with Crippen molar-refractivity contribution < 1.29 is 9.66 Å². The number of aromatic amines is 1. The normalized spacial score (nSPS) is 24.1. The summed E-state index contributed by atoms with van der Waals surface area (Å²) in [6.45, 7) is 8.71. The first-order chi connectivity index (χ1) is 13.9. The van der Waals surface area contributed by atoms with Crippen molar-refractivity contribution in [3.05, 3.63) is 38.9 Å². The molecule has 29 heavy (non-hydrogen) atoms. The van der Waals surface area contributed by atoms with Crippen LogP contribution in [0.15, 0.2) is 23.3 Å². The van der Waals surface area contributed by atoms with Crippen LogP contribution in [0.1, 0.15) is 26.7 Å². The molecule has 2 aliphatic rings. The molecule has 1 aromatic heterocycles. The third-order valence-corrected chi connectivity index (χ3v) is 5.90. The Labute approximate surface area is 168 Å². The molecule has 9 nitrogen and oxygen atoms in total. The Kier molecular flexibility index (Phi) is 5.51. The lowest BCUT2D eigenvalue weighted by molar-refractivity contribution is -0.384. The van der Waals surface area contributed by atoms with Gasteiger partial charge in [0.1, 0.15) is 5.69 Å². The molecule has 0 radical (unpaired) electrons. The Balaban J connectivity index is 1.48. The van der Waals surface area contributed by atoms with Crippen molar-refractivity contribution in [2.24, 2.45) is 5.92 Å². The number of rotatable bonds is 4. The number of morpholine rings is 1. The molecular formula is C20H27N5O4. The minimum atomic E-state index is -0.413. The lowest BCUT2D eigenvalue weighted by atomic mass is 9.95.